The first-order chi connectivity index (χ1) is 10.7. The molecule has 6 nitrogen and oxygen atoms in total. The Morgan fingerprint density at radius 3 is 2.59 bits per heavy atom. The van der Waals surface area contributed by atoms with Crippen LogP contribution in [0.1, 0.15) is 42.5 Å². The van der Waals surface area contributed by atoms with Gasteiger partial charge in [-0.2, -0.15) is 0 Å². The summed E-state index contributed by atoms with van der Waals surface area (Å²) >= 11 is 0. The number of rotatable bonds is 4. The molecule has 1 amide bonds. The Balaban J connectivity index is 1.65. The standard InChI is InChI=1S/C16H20N4O2/c21-15(19-16-17-10-11-18-16)12-6-8-14(9-7-12)20(22)13-4-2-1-3-5-13/h6-11,13,22H,1-5H2,(H2,17,18,19,21). The van der Waals surface area contributed by atoms with Crippen LogP contribution in [0, 0.1) is 0 Å². The van der Waals surface area contributed by atoms with Gasteiger partial charge >= 0.3 is 0 Å². The average Bonchev–Trinajstić information content (AvgIpc) is 3.08. The molecule has 6 heteroatoms. The molecule has 0 atom stereocenters. The fourth-order valence-corrected chi connectivity index (χ4v) is 2.82. The molecule has 1 aliphatic carbocycles. The molecule has 22 heavy (non-hydrogen) atoms. The van der Waals surface area contributed by atoms with Crippen LogP contribution in [-0.4, -0.2) is 27.1 Å². The highest BCUT2D eigenvalue weighted by atomic mass is 16.5. The van der Waals surface area contributed by atoms with Crippen molar-refractivity contribution < 1.29 is 10.0 Å². The van der Waals surface area contributed by atoms with Gasteiger partial charge in [0.1, 0.15) is 0 Å². The minimum absolute atomic E-state index is 0.177. The minimum atomic E-state index is -0.233. The number of H-pyrrole nitrogens is 1. The third-order valence-electron chi connectivity index (χ3n) is 4.04. The topological polar surface area (TPSA) is 81.2 Å². The molecule has 3 rings (SSSR count). The van der Waals surface area contributed by atoms with Crippen molar-refractivity contribution in [1.82, 2.24) is 9.97 Å². The highest BCUT2D eigenvalue weighted by Gasteiger charge is 2.20. The quantitative estimate of drug-likeness (QED) is 0.757. The van der Waals surface area contributed by atoms with E-state index in [0.29, 0.717) is 11.5 Å². The number of carbonyl (C=O) groups excluding carboxylic acids is 1. The van der Waals surface area contributed by atoms with E-state index >= 15 is 0 Å². The SMILES string of the molecule is O=C(Nc1ncc[nH]1)c1ccc(N(O)C2CCCCC2)cc1. The van der Waals surface area contributed by atoms with E-state index in [-0.39, 0.29) is 11.9 Å². The van der Waals surface area contributed by atoms with Crippen LogP contribution in [0.25, 0.3) is 0 Å². The molecule has 0 spiro atoms. The number of amides is 1. The van der Waals surface area contributed by atoms with E-state index in [2.05, 4.69) is 15.3 Å². The molecule has 1 aromatic carbocycles. The lowest BCUT2D eigenvalue weighted by molar-refractivity contribution is 0.102. The number of aromatic amines is 1. The van der Waals surface area contributed by atoms with Crippen LogP contribution < -0.4 is 10.4 Å². The summed E-state index contributed by atoms with van der Waals surface area (Å²) in [5.41, 5.74) is 1.25. The van der Waals surface area contributed by atoms with E-state index in [9.17, 15) is 10.0 Å². The van der Waals surface area contributed by atoms with Gasteiger partial charge in [-0.1, -0.05) is 19.3 Å². The van der Waals surface area contributed by atoms with Crippen molar-refractivity contribution in [1.29, 1.82) is 0 Å². The maximum absolute atomic E-state index is 12.0. The molecule has 1 aromatic heterocycles. The minimum Gasteiger partial charge on any atom is -0.331 e. The highest BCUT2D eigenvalue weighted by Crippen LogP contribution is 2.26. The maximum Gasteiger partial charge on any atom is 0.257 e. The molecule has 1 fully saturated rings. The molecular weight excluding hydrogens is 280 g/mol. The van der Waals surface area contributed by atoms with Crippen LogP contribution in [0.4, 0.5) is 11.6 Å². The molecule has 3 N–H and O–H groups in total. The van der Waals surface area contributed by atoms with E-state index in [1.807, 2.05) is 0 Å². The summed E-state index contributed by atoms with van der Waals surface area (Å²) in [5, 5.41) is 14.3. The molecule has 1 heterocycles. The van der Waals surface area contributed by atoms with Crippen LogP contribution in [-0.2, 0) is 0 Å². The van der Waals surface area contributed by atoms with E-state index in [1.165, 1.54) is 11.5 Å². The number of hydrogen-bond donors (Lipinski definition) is 3. The van der Waals surface area contributed by atoms with Crippen molar-refractivity contribution in [3.63, 3.8) is 0 Å². The summed E-state index contributed by atoms with van der Waals surface area (Å²) in [6, 6.07) is 7.13. The molecule has 0 bridgehead atoms. The summed E-state index contributed by atoms with van der Waals surface area (Å²) in [7, 11) is 0. The number of anilines is 2. The third-order valence-corrected chi connectivity index (χ3v) is 4.04. The van der Waals surface area contributed by atoms with E-state index in [0.717, 1.165) is 31.4 Å². The van der Waals surface area contributed by atoms with E-state index in [1.54, 1.807) is 36.7 Å². The lowest BCUT2D eigenvalue weighted by Gasteiger charge is -2.30. The van der Waals surface area contributed by atoms with Gasteiger partial charge in [-0.3, -0.25) is 20.4 Å². The second-order valence-corrected chi connectivity index (χ2v) is 5.58. The monoisotopic (exact) mass is 300 g/mol. The van der Waals surface area contributed by atoms with Gasteiger partial charge in [0.2, 0.25) is 5.95 Å². The van der Waals surface area contributed by atoms with Crippen LogP contribution in [0.5, 0.6) is 0 Å². The zero-order valence-corrected chi connectivity index (χ0v) is 12.3. The number of imidazole rings is 1. The van der Waals surface area contributed by atoms with Crippen molar-refractivity contribution in [2.24, 2.45) is 0 Å². The van der Waals surface area contributed by atoms with Crippen LogP contribution in [0.2, 0.25) is 0 Å². The summed E-state index contributed by atoms with van der Waals surface area (Å²) in [5.74, 6) is 0.184. The van der Waals surface area contributed by atoms with Gasteiger partial charge in [0.15, 0.2) is 0 Å². The van der Waals surface area contributed by atoms with Crippen molar-refractivity contribution >= 4 is 17.5 Å². The molecular formula is C16H20N4O2. The van der Waals surface area contributed by atoms with Gasteiger partial charge in [-0.25, -0.2) is 4.98 Å². The molecule has 116 valence electrons. The van der Waals surface area contributed by atoms with Crippen LogP contribution in [0.3, 0.4) is 0 Å². The van der Waals surface area contributed by atoms with Gasteiger partial charge in [0.05, 0.1) is 11.7 Å². The Bertz CT molecular complexity index is 604. The summed E-state index contributed by atoms with van der Waals surface area (Å²) < 4.78 is 0. The molecule has 0 saturated heterocycles. The number of benzene rings is 1. The second-order valence-electron chi connectivity index (χ2n) is 5.58. The molecule has 0 radical (unpaired) electrons. The summed E-state index contributed by atoms with van der Waals surface area (Å²) in [6.07, 6.45) is 8.81. The molecule has 2 aromatic rings. The Kier molecular flexibility index (Phi) is 4.39. The van der Waals surface area contributed by atoms with Crippen molar-refractivity contribution in [2.75, 3.05) is 10.4 Å². The average molecular weight is 300 g/mol. The Hall–Kier alpha value is -2.34. The Morgan fingerprint density at radius 2 is 1.95 bits per heavy atom. The highest BCUT2D eigenvalue weighted by molar-refractivity contribution is 6.03. The number of carbonyl (C=O) groups is 1. The molecule has 1 aliphatic rings. The zero-order chi connectivity index (χ0) is 15.4. The first-order valence-corrected chi connectivity index (χ1v) is 7.63. The first-order valence-electron chi connectivity index (χ1n) is 7.63. The Labute approximate surface area is 129 Å². The van der Waals surface area contributed by atoms with Crippen molar-refractivity contribution in [2.45, 2.75) is 38.1 Å². The maximum atomic E-state index is 12.0. The smallest absolute Gasteiger partial charge is 0.257 e. The van der Waals surface area contributed by atoms with Gasteiger partial charge in [0.25, 0.3) is 5.91 Å². The largest absolute Gasteiger partial charge is 0.331 e. The van der Waals surface area contributed by atoms with E-state index in [4.69, 9.17) is 0 Å². The van der Waals surface area contributed by atoms with Gasteiger partial charge in [-0.15, -0.1) is 0 Å². The normalized spacial score (nSPS) is 15.5. The summed E-state index contributed by atoms with van der Waals surface area (Å²) in [6.45, 7) is 0. The fraction of sp³-hybridized carbons (Fsp3) is 0.375. The number of hydroxylamine groups is 1. The predicted molar refractivity (Wildman–Crippen MR) is 84.1 cm³/mol. The van der Waals surface area contributed by atoms with Gasteiger partial charge < -0.3 is 4.98 Å². The van der Waals surface area contributed by atoms with Crippen molar-refractivity contribution in [3.05, 3.63) is 42.2 Å². The number of aromatic nitrogens is 2. The third kappa shape index (κ3) is 3.28. The lowest BCUT2D eigenvalue weighted by atomic mass is 9.95. The molecule has 0 unspecified atom stereocenters. The van der Waals surface area contributed by atoms with Gasteiger partial charge in [-0.05, 0) is 37.1 Å². The molecule has 0 aliphatic heterocycles. The summed E-state index contributed by atoms with van der Waals surface area (Å²) in [4.78, 5) is 18.8. The van der Waals surface area contributed by atoms with Gasteiger partial charge in [0, 0.05) is 18.0 Å². The lowest BCUT2D eigenvalue weighted by Crippen LogP contribution is -2.33. The van der Waals surface area contributed by atoms with Crippen LogP contribution in [0.15, 0.2) is 36.7 Å². The predicted octanol–water partition coefficient (Wildman–Crippen LogP) is 3.19. The van der Waals surface area contributed by atoms with Crippen LogP contribution >= 0.6 is 0 Å². The second kappa shape index (κ2) is 6.62. The van der Waals surface area contributed by atoms with Crippen molar-refractivity contribution in [3.8, 4) is 0 Å². The Morgan fingerprint density at radius 1 is 1.23 bits per heavy atom. The fourth-order valence-electron chi connectivity index (χ4n) is 2.82. The number of hydrogen-bond acceptors (Lipinski definition) is 4. The number of nitrogens with one attached hydrogen (secondary N) is 2. The molecule has 1 saturated carbocycles. The first kappa shape index (κ1) is 14.6. The zero-order valence-electron chi connectivity index (χ0n) is 12.3. The number of nitrogens with zero attached hydrogens (tertiary/aromatic N) is 2. The van der Waals surface area contributed by atoms with E-state index < -0.39 is 0 Å².